The summed E-state index contributed by atoms with van der Waals surface area (Å²) in [5.74, 6) is 1.50. The van der Waals surface area contributed by atoms with Crippen molar-refractivity contribution in [2.45, 2.75) is 346 Å². The molecule has 0 aromatic heterocycles. The number of rotatable bonds is 29. The van der Waals surface area contributed by atoms with E-state index in [1.54, 1.807) is 0 Å². The second-order valence-electron chi connectivity index (χ2n) is 40.6. The van der Waals surface area contributed by atoms with E-state index in [9.17, 15) is 59.4 Å². The van der Waals surface area contributed by atoms with Gasteiger partial charge in [-0.2, -0.15) is 0 Å². The van der Waals surface area contributed by atoms with Crippen molar-refractivity contribution in [1.82, 2.24) is 32.1 Å². The van der Waals surface area contributed by atoms with Crippen LogP contribution in [0.2, 0.25) is 0 Å². The summed E-state index contributed by atoms with van der Waals surface area (Å²) in [4.78, 5) is 74.3. The average Bonchev–Trinajstić information content (AvgIpc) is 0.775. The van der Waals surface area contributed by atoms with E-state index < -0.39 is 0 Å². The van der Waals surface area contributed by atoms with E-state index >= 15 is 0 Å². The molecule has 18 nitrogen and oxygen atoms in total. The lowest BCUT2D eigenvalue weighted by Gasteiger charge is -2.28. The summed E-state index contributed by atoms with van der Waals surface area (Å²) in [5, 5.41) is 75.3. The third kappa shape index (κ3) is 33.0. The van der Waals surface area contributed by atoms with Crippen LogP contribution in [0.25, 0.3) is 0 Å². The zero-order chi connectivity index (χ0) is 88.9. The number of phenols is 6. The highest BCUT2D eigenvalue weighted by Gasteiger charge is 2.31. The second kappa shape index (κ2) is 42.6. The van der Waals surface area contributed by atoms with Crippen molar-refractivity contribution in [2.75, 3.05) is 26.2 Å². The van der Waals surface area contributed by atoms with Crippen molar-refractivity contribution in [2.24, 2.45) is 0 Å². The van der Waals surface area contributed by atoms with Gasteiger partial charge in [-0.3, -0.25) is 39.6 Å². The Morgan fingerprint density at radius 1 is 0.222 bits per heavy atom. The predicted octanol–water partition coefficient (Wildman–Crippen LogP) is 19.2. The molecule has 6 aromatic rings. The van der Waals surface area contributed by atoms with Crippen molar-refractivity contribution in [3.63, 3.8) is 0 Å². The molecule has 0 aliphatic carbocycles. The molecule has 0 radical (unpaired) electrons. The van der Waals surface area contributed by atoms with E-state index in [4.69, 9.17) is 0 Å². The molecule has 6 amide bonds. The molecule has 0 saturated carbocycles. The number of hydrogen-bond donors (Lipinski definition) is 12. The van der Waals surface area contributed by atoms with Crippen LogP contribution in [0.15, 0.2) is 72.8 Å². The Balaban J connectivity index is 0.000000370. The highest BCUT2D eigenvalue weighted by Crippen LogP contribution is 2.44. The number of hydrazine groups is 1. The van der Waals surface area contributed by atoms with E-state index in [-0.39, 0.29) is 91.6 Å². The van der Waals surface area contributed by atoms with Gasteiger partial charge in [-0.1, -0.05) is 252 Å². The van der Waals surface area contributed by atoms with Crippen LogP contribution in [-0.4, -0.2) is 92.3 Å². The summed E-state index contributed by atoms with van der Waals surface area (Å²) in [5.41, 5.74) is 20.1. The first-order valence-corrected chi connectivity index (χ1v) is 42.4. The molecule has 648 valence electrons. The minimum absolute atomic E-state index is 0.0219. The van der Waals surface area contributed by atoms with E-state index in [1.165, 1.54) is 0 Å². The van der Waals surface area contributed by atoms with Gasteiger partial charge in [0.15, 0.2) is 0 Å². The third-order valence-corrected chi connectivity index (χ3v) is 21.2. The van der Waals surface area contributed by atoms with Gasteiger partial charge in [0, 0.05) is 64.7 Å². The summed E-state index contributed by atoms with van der Waals surface area (Å²) >= 11 is 0. The smallest absolute Gasteiger partial charge is 0.238 e. The van der Waals surface area contributed by atoms with Gasteiger partial charge >= 0.3 is 0 Å². The van der Waals surface area contributed by atoms with Crippen molar-refractivity contribution < 1.29 is 59.4 Å². The molecule has 117 heavy (non-hydrogen) atoms. The Morgan fingerprint density at radius 2 is 0.376 bits per heavy atom. The summed E-state index contributed by atoms with van der Waals surface area (Å²) < 4.78 is 0. The van der Waals surface area contributed by atoms with Gasteiger partial charge in [-0.05, 0) is 229 Å². The van der Waals surface area contributed by atoms with Gasteiger partial charge in [0.05, 0.1) is 0 Å². The largest absolute Gasteiger partial charge is 0.507 e. The molecule has 0 heterocycles. The fraction of sp³-hybridized carbons (Fsp3) is 0.576. The summed E-state index contributed by atoms with van der Waals surface area (Å²) in [6.45, 7) is 59.5. The molecule has 6 rings (SSSR count). The number of amides is 6. The summed E-state index contributed by atoms with van der Waals surface area (Å²) in [7, 11) is 0. The first kappa shape index (κ1) is 100. The van der Waals surface area contributed by atoms with Crippen LogP contribution in [0.3, 0.4) is 0 Å². The van der Waals surface area contributed by atoms with Crippen LogP contribution in [0.5, 0.6) is 34.5 Å². The standard InChI is InChI=1S/2C34H52N2O4.C31H46N2O4/c1-22-18-23(19-25(30(22)39)32(2,3)4)12-14-28(37)35-16-11-17-36-29(38)15-13-24-20-26(33(5,6)7)31(40)27(21-24)34(8,9)10;1-23-19-25(21-27(31(23)39)33(3,4)5)13-15-29(37)35-17-11-9-10-12-18-36-30(38)16-14-26-20-24(2)32(40)28(22-26)34(6,7)8;1-19-15-20(16-22(27(19)36)29(2,3)4)11-13-25(34)32-33-26(35)14-12-21-17-23(30(5,6)7)28(37)24(18-21)31(8,9)10/h18-21,39-40H,11-17H2,1-10H3,(H,35,37)(H,36,38);19-22,39-40H,9-18H2,1-8H3,(H,35,37)(H,36,38);15-18,36-37H,11-14H2,1-10H3,(H,32,34)(H,33,35). The maximum Gasteiger partial charge on any atom is 0.238 e. The van der Waals surface area contributed by atoms with Gasteiger partial charge in [-0.25, -0.2) is 0 Å². The van der Waals surface area contributed by atoms with E-state index in [0.717, 1.165) is 126 Å². The summed E-state index contributed by atoms with van der Waals surface area (Å²) in [6, 6.07) is 23.8. The SMILES string of the molecule is Cc1cc(CCC(=O)NCCCCCCNC(=O)CCc2cc(C)c(O)c(C(C)(C)C)c2)cc(C(C)(C)C)c1O.Cc1cc(CCC(=O)NCCCNC(=O)CCc2cc(C(C)(C)C)c(O)c(C(C)(C)C)c2)cc(C(C)(C)C)c1O.Cc1cc(CCC(=O)NNC(=O)CCc2cc(C(C)(C)C)c(O)c(C(C)(C)C)c2)cc(C(C)(C)C)c1O. The zero-order valence-corrected chi connectivity index (χ0v) is 76.9. The number of aryl methyl sites for hydroxylation is 10. The van der Waals surface area contributed by atoms with Gasteiger partial charge in [0.1, 0.15) is 34.5 Å². The molecule has 0 saturated heterocycles. The first-order chi connectivity index (χ1) is 53.7. The second-order valence-corrected chi connectivity index (χ2v) is 40.6. The molecule has 0 spiro atoms. The molecule has 0 aliphatic heterocycles. The normalized spacial score (nSPS) is 12.2. The van der Waals surface area contributed by atoms with Gasteiger partial charge in [0.25, 0.3) is 0 Å². The number of carbonyl (C=O) groups is 6. The van der Waals surface area contributed by atoms with Gasteiger partial charge in [0.2, 0.25) is 35.4 Å². The fourth-order valence-electron chi connectivity index (χ4n) is 14.0. The Bertz CT molecular complexity index is 4210. The van der Waals surface area contributed by atoms with Crippen LogP contribution in [0, 0.1) is 27.7 Å². The number of unbranched alkanes of at least 4 members (excludes halogenated alkanes) is 3. The number of phenolic OH excluding ortho intramolecular Hbond substituents is 6. The van der Waals surface area contributed by atoms with Crippen LogP contribution >= 0.6 is 0 Å². The lowest BCUT2D eigenvalue weighted by Crippen LogP contribution is -2.41. The van der Waals surface area contributed by atoms with E-state index in [1.807, 2.05) is 121 Å². The van der Waals surface area contributed by atoms with Crippen LogP contribution in [-0.2, 0) is 111 Å². The fourth-order valence-corrected chi connectivity index (χ4v) is 14.0. The number of benzene rings is 6. The number of aromatic hydroxyl groups is 6. The molecule has 0 bridgehead atoms. The average molecular weight is 1620 g/mol. The van der Waals surface area contributed by atoms with E-state index in [0.29, 0.717) is 131 Å². The summed E-state index contributed by atoms with van der Waals surface area (Å²) in [6.07, 6.45) is 10.1. The predicted molar refractivity (Wildman–Crippen MR) is 479 cm³/mol. The Morgan fingerprint density at radius 3 is 0.556 bits per heavy atom. The molecular formula is C99H150N6O12. The van der Waals surface area contributed by atoms with Crippen LogP contribution < -0.4 is 32.1 Å². The zero-order valence-electron chi connectivity index (χ0n) is 76.9. The van der Waals surface area contributed by atoms with Crippen LogP contribution in [0.1, 0.15) is 337 Å². The number of carbonyl (C=O) groups excluding carboxylic acids is 6. The van der Waals surface area contributed by atoms with Crippen molar-refractivity contribution in [3.05, 3.63) is 173 Å². The maximum atomic E-state index is 12.5. The van der Waals surface area contributed by atoms with Crippen molar-refractivity contribution in [1.29, 1.82) is 0 Å². The lowest BCUT2D eigenvalue weighted by molar-refractivity contribution is -0.128. The Kier molecular flexibility index (Phi) is 36.5. The number of nitrogens with one attached hydrogen (secondary N) is 6. The minimum Gasteiger partial charge on any atom is -0.507 e. The molecule has 18 heteroatoms. The Labute approximate surface area is 703 Å². The van der Waals surface area contributed by atoms with Crippen molar-refractivity contribution in [3.8, 4) is 34.5 Å². The number of hydrogen-bond acceptors (Lipinski definition) is 12. The maximum absolute atomic E-state index is 12.5. The van der Waals surface area contributed by atoms with Gasteiger partial charge < -0.3 is 51.9 Å². The van der Waals surface area contributed by atoms with Crippen molar-refractivity contribution >= 4 is 35.4 Å². The molecule has 12 N–H and O–H groups in total. The highest BCUT2D eigenvalue weighted by atomic mass is 16.3. The molecule has 0 atom stereocenters. The Hall–Kier alpha value is -9.06. The molecular weight excluding hydrogens is 1470 g/mol. The quantitative estimate of drug-likeness (QED) is 0.0154. The molecule has 0 fully saturated rings. The third-order valence-electron chi connectivity index (χ3n) is 21.2. The minimum atomic E-state index is -0.272. The van der Waals surface area contributed by atoms with Crippen LogP contribution in [0.4, 0.5) is 0 Å². The first-order valence-electron chi connectivity index (χ1n) is 42.4. The molecule has 6 aromatic carbocycles. The monoisotopic (exact) mass is 1620 g/mol. The van der Waals surface area contributed by atoms with E-state index in [2.05, 4.69) is 178 Å². The van der Waals surface area contributed by atoms with Gasteiger partial charge in [-0.15, -0.1) is 0 Å². The highest BCUT2D eigenvalue weighted by molar-refractivity contribution is 5.82. The lowest BCUT2D eigenvalue weighted by atomic mass is 9.78. The molecule has 0 unspecified atom stereocenters. The topological polar surface area (TPSA) is 296 Å². The molecule has 0 aliphatic rings.